The summed E-state index contributed by atoms with van der Waals surface area (Å²) in [4.78, 5) is 61.8. The quantitative estimate of drug-likeness (QED) is 0.132. The molecule has 1 aromatic heterocycles. The minimum atomic E-state index is -4.64. The summed E-state index contributed by atoms with van der Waals surface area (Å²) in [5, 5.41) is 23.9. The van der Waals surface area contributed by atoms with Crippen LogP contribution in [0, 0.1) is 23.2 Å². The van der Waals surface area contributed by atoms with Gasteiger partial charge in [-0.05, 0) is 90.8 Å². The Balaban J connectivity index is 0.945. The van der Waals surface area contributed by atoms with Gasteiger partial charge in [0.15, 0.2) is 6.61 Å². The maximum atomic E-state index is 12.9. The molecule has 5 saturated carbocycles. The number of nitrogens with zero attached hydrogens (tertiary/aromatic N) is 3. The molecule has 0 saturated heterocycles. The summed E-state index contributed by atoms with van der Waals surface area (Å²) in [6, 6.07) is 10.8. The third kappa shape index (κ3) is 7.26. The van der Waals surface area contributed by atoms with Crippen molar-refractivity contribution >= 4 is 52.9 Å². The van der Waals surface area contributed by atoms with Crippen molar-refractivity contribution in [2.45, 2.75) is 56.4 Å². The van der Waals surface area contributed by atoms with Crippen molar-refractivity contribution in [2.75, 3.05) is 23.8 Å². The number of amides is 3. The molecule has 8 rings (SSSR count). The SMILES string of the molecule is CC12C3C(C[C@@H]1NC(=O)C(=O)NCC[C@H](NC(=O)c1ccc(Nc4nc(NC5(c6ccc(Cl)cc6)CC5)nc(OCC(F)(F)F)n4)cc1)C(=O)O)C32. The summed E-state index contributed by atoms with van der Waals surface area (Å²) in [5.41, 5.74) is 0.869. The first kappa shape index (κ1) is 35.2. The number of hydrogen-bond donors (Lipinski definition) is 6. The normalized spacial score (nSPS) is 24.8. The highest BCUT2D eigenvalue weighted by Crippen LogP contribution is 2.89. The van der Waals surface area contributed by atoms with E-state index in [-0.39, 0.29) is 41.9 Å². The zero-order chi connectivity index (χ0) is 37.0. The van der Waals surface area contributed by atoms with Crippen LogP contribution in [-0.4, -0.2) is 75.2 Å². The molecule has 5 aliphatic carbocycles. The molecule has 2 unspecified atom stereocenters. The molecule has 14 nitrogen and oxygen atoms in total. The molecule has 5 fully saturated rings. The Hall–Kier alpha value is -5.19. The van der Waals surface area contributed by atoms with E-state index in [0.717, 1.165) is 12.0 Å². The van der Waals surface area contributed by atoms with Gasteiger partial charge >= 0.3 is 30.0 Å². The van der Waals surface area contributed by atoms with Crippen LogP contribution < -0.4 is 31.3 Å². The number of anilines is 3. The molecule has 0 aliphatic heterocycles. The van der Waals surface area contributed by atoms with E-state index in [4.69, 9.17) is 16.3 Å². The number of aliphatic carboxylic acids is 1. The first-order chi connectivity index (χ1) is 24.6. The molecule has 1 heterocycles. The van der Waals surface area contributed by atoms with Crippen molar-refractivity contribution < 1.29 is 42.2 Å². The summed E-state index contributed by atoms with van der Waals surface area (Å²) in [5.74, 6) is -1.89. The monoisotopic (exact) mass is 742 g/mol. The average molecular weight is 743 g/mol. The Kier molecular flexibility index (Phi) is 8.87. The molecular weight excluding hydrogens is 709 g/mol. The summed E-state index contributed by atoms with van der Waals surface area (Å²) in [7, 11) is 0. The number of rotatable bonds is 14. The van der Waals surface area contributed by atoms with E-state index >= 15 is 0 Å². The standard InChI is InChI=1S/C34H34ClF3N8O6/c1-32-22(14-20-23(32)24(20)32)42-27(49)26(48)39-13-10-21(28(50)51)41-25(47)16-2-8-19(9-3-16)40-29-43-30(45-31(44-29)52-15-34(36,37)38)46-33(11-12-33)17-4-6-18(35)7-5-17/h2-9,20-24H,10-15H2,1H3,(H,39,48)(H,41,47)(H,42,49)(H,50,51)(H2,40,43,44,45,46)/t20?,21-,22-,23?,24?,32?/m0/s1. The second kappa shape index (κ2) is 13.1. The van der Waals surface area contributed by atoms with Crippen LogP contribution in [0.4, 0.5) is 30.8 Å². The summed E-state index contributed by atoms with van der Waals surface area (Å²) in [6.07, 6.45) is -2.52. The molecule has 5 aliphatic rings. The van der Waals surface area contributed by atoms with Gasteiger partial charge in [0.05, 0.1) is 5.54 Å². The average Bonchev–Trinajstić information content (AvgIpc) is 4.05. The summed E-state index contributed by atoms with van der Waals surface area (Å²) < 4.78 is 43.6. The molecule has 0 radical (unpaired) electrons. The van der Waals surface area contributed by atoms with Gasteiger partial charge in [0.2, 0.25) is 11.9 Å². The molecule has 4 atom stereocenters. The second-order valence-electron chi connectivity index (χ2n) is 13.8. The van der Waals surface area contributed by atoms with Crippen molar-refractivity contribution in [3.8, 4) is 6.01 Å². The molecule has 0 spiro atoms. The number of carbonyl (C=O) groups is 4. The fraction of sp³-hybridized carbons (Fsp3) is 0.441. The Morgan fingerprint density at radius 2 is 1.65 bits per heavy atom. The van der Waals surface area contributed by atoms with Crippen molar-refractivity contribution in [3.05, 3.63) is 64.7 Å². The number of benzene rings is 2. The van der Waals surface area contributed by atoms with Gasteiger partial charge in [-0.3, -0.25) is 14.4 Å². The summed E-state index contributed by atoms with van der Waals surface area (Å²) in [6.45, 7) is 0.328. The van der Waals surface area contributed by atoms with Crippen LogP contribution in [0.2, 0.25) is 5.02 Å². The van der Waals surface area contributed by atoms with Gasteiger partial charge in [-0.15, -0.1) is 0 Å². The van der Waals surface area contributed by atoms with E-state index in [2.05, 4.69) is 48.5 Å². The number of carboxylic acid groups (broad SMARTS) is 1. The first-order valence-electron chi connectivity index (χ1n) is 16.6. The molecule has 3 amide bonds. The van der Waals surface area contributed by atoms with Crippen molar-refractivity contribution in [2.24, 2.45) is 23.2 Å². The number of carbonyl (C=O) groups excluding carboxylic acids is 3. The Bertz CT molecular complexity index is 1900. The molecule has 6 N–H and O–H groups in total. The number of carboxylic acids is 1. The molecule has 2 aromatic carbocycles. The fourth-order valence-electron chi connectivity index (χ4n) is 7.52. The maximum absolute atomic E-state index is 12.9. The lowest BCUT2D eigenvalue weighted by molar-refractivity contribution is -0.154. The number of hydrogen-bond acceptors (Lipinski definition) is 10. The van der Waals surface area contributed by atoms with Crippen LogP contribution in [0.5, 0.6) is 6.01 Å². The van der Waals surface area contributed by atoms with Gasteiger partial charge in [0.25, 0.3) is 5.91 Å². The van der Waals surface area contributed by atoms with E-state index in [1.54, 1.807) is 12.1 Å². The lowest BCUT2D eigenvalue weighted by Gasteiger charge is -2.20. The van der Waals surface area contributed by atoms with Gasteiger partial charge in [-0.1, -0.05) is 30.7 Å². The van der Waals surface area contributed by atoms with Crippen molar-refractivity contribution in [1.82, 2.24) is 30.9 Å². The lowest BCUT2D eigenvalue weighted by Crippen LogP contribution is -2.48. The molecule has 3 aromatic rings. The first-order valence-corrected chi connectivity index (χ1v) is 17.0. The van der Waals surface area contributed by atoms with Crippen molar-refractivity contribution in [1.29, 1.82) is 0 Å². The molecular formula is C34H34ClF3N8O6. The maximum Gasteiger partial charge on any atom is 0.422 e. The largest absolute Gasteiger partial charge is 0.480 e. The molecule has 52 heavy (non-hydrogen) atoms. The smallest absolute Gasteiger partial charge is 0.422 e. The molecule has 274 valence electrons. The number of alkyl halides is 3. The van der Waals surface area contributed by atoms with Crippen LogP contribution in [-0.2, 0) is 19.9 Å². The van der Waals surface area contributed by atoms with Crippen LogP contribution in [0.25, 0.3) is 0 Å². The number of aromatic nitrogens is 3. The van der Waals surface area contributed by atoms with E-state index in [1.165, 1.54) is 24.3 Å². The Morgan fingerprint density at radius 1 is 0.981 bits per heavy atom. The Labute approximate surface area is 299 Å². The van der Waals surface area contributed by atoms with E-state index < -0.39 is 54.1 Å². The second-order valence-corrected chi connectivity index (χ2v) is 14.3. The summed E-state index contributed by atoms with van der Waals surface area (Å²) >= 11 is 6.02. The van der Waals surface area contributed by atoms with Gasteiger partial charge in [-0.25, -0.2) is 4.79 Å². The number of ether oxygens (including phenoxy) is 1. The number of fused-ring (bicyclic) bond motifs is 1. The predicted molar refractivity (Wildman–Crippen MR) is 179 cm³/mol. The van der Waals surface area contributed by atoms with Crippen molar-refractivity contribution in [3.63, 3.8) is 0 Å². The van der Waals surface area contributed by atoms with Gasteiger partial charge in [-0.2, -0.15) is 28.1 Å². The predicted octanol–water partition coefficient (Wildman–Crippen LogP) is 3.77. The topological polar surface area (TPSA) is 197 Å². The highest BCUT2D eigenvalue weighted by molar-refractivity contribution is 6.35. The van der Waals surface area contributed by atoms with E-state index in [9.17, 15) is 37.5 Å². The lowest BCUT2D eigenvalue weighted by atomic mass is 9.97. The van der Waals surface area contributed by atoms with Crippen LogP contribution in [0.15, 0.2) is 48.5 Å². The third-order valence-electron chi connectivity index (χ3n) is 10.5. The molecule has 18 heteroatoms. The highest BCUT2D eigenvalue weighted by Gasteiger charge is 2.88. The van der Waals surface area contributed by atoms with E-state index in [1.807, 2.05) is 12.1 Å². The van der Waals surface area contributed by atoms with E-state index in [0.29, 0.717) is 41.3 Å². The van der Waals surface area contributed by atoms with Crippen LogP contribution in [0.3, 0.4) is 0 Å². The van der Waals surface area contributed by atoms with Gasteiger partial charge in [0, 0.05) is 28.9 Å². The number of halogens is 4. The van der Waals surface area contributed by atoms with Gasteiger partial charge in [0.1, 0.15) is 6.04 Å². The van der Waals surface area contributed by atoms with Gasteiger partial charge < -0.3 is 36.4 Å². The van der Waals surface area contributed by atoms with Crippen LogP contribution in [0.1, 0.15) is 48.5 Å². The highest BCUT2D eigenvalue weighted by atomic mass is 35.5. The Morgan fingerprint density at radius 3 is 2.25 bits per heavy atom. The minimum absolute atomic E-state index is 0.0273. The number of nitrogens with one attached hydrogen (secondary N) is 5. The third-order valence-corrected chi connectivity index (χ3v) is 10.7. The zero-order valence-corrected chi connectivity index (χ0v) is 28.3. The molecule has 2 bridgehead atoms. The zero-order valence-electron chi connectivity index (χ0n) is 27.6. The van der Waals surface area contributed by atoms with Crippen LogP contribution >= 0.6 is 11.6 Å². The fourth-order valence-corrected chi connectivity index (χ4v) is 7.64. The minimum Gasteiger partial charge on any atom is -0.480 e.